The third-order valence-electron chi connectivity index (χ3n) is 5.19. The van der Waals surface area contributed by atoms with Crippen LogP contribution < -0.4 is 5.73 Å². The highest BCUT2D eigenvalue weighted by molar-refractivity contribution is 5.03. The Hall–Kier alpha value is -1.38. The van der Waals surface area contributed by atoms with Gasteiger partial charge in [-0.25, -0.2) is 0 Å². The average molecular weight is 356 g/mol. The van der Waals surface area contributed by atoms with Crippen LogP contribution in [0.25, 0.3) is 0 Å². The summed E-state index contributed by atoms with van der Waals surface area (Å²) in [7, 11) is 1.68. The summed E-state index contributed by atoms with van der Waals surface area (Å²) in [5.74, 6) is 0.803. The molecule has 2 saturated heterocycles. The van der Waals surface area contributed by atoms with Crippen molar-refractivity contribution in [3.05, 3.63) is 22.1 Å². The van der Waals surface area contributed by atoms with Gasteiger partial charge in [-0.3, -0.25) is 10.1 Å². The van der Waals surface area contributed by atoms with Crippen LogP contribution in [0, 0.1) is 16.0 Å². The number of nitrogens with two attached hydrogens (primary N) is 1. The van der Waals surface area contributed by atoms with E-state index in [4.69, 9.17) is 10.5 Å². The van der Waals surface area contributed by atoms with Crippen LogP contribution in [0.1, 0.15) is 38.5 Å². The SMILES string of the molecule is COCCCCC(O)[C@@H]1CCCN(C(=C[N+](=O)[O-])N2CC[C@H](N)C2)C1. The second kappa shape index (κ2) is 9.94. The van der Waals surface area contributed by atoms with Gasteiger partial charge >= 0.3 is 0 Å². The second-order valence-electron chi connectivity index (χ2n) is 7.17. The Bertz CT molecular complexity index is 460. The summed E-state index contributed by atoms with van der Waals surface area (Å²) < 4.78 is 5.04. The smallest absolute Gasteiger partial charge is 0.274 e. The van der Waals surface area contributed by atoms with Crippen molar-refractivity contribution in [3.63, 3.8) is 0 Å². The second-order valence-corrected chi connectivity index (χ2v) is 7.17. The molecule has 3 atom stereocenters. The molecular weight excluding hydrogens is 324 g/mol. The highest BCUT2D eigenvalue weighted by Gasteiger charge is 2.32. The molecule has 0 aromatic heterocycles. The largest absolute Gasteiger partial charge is 0.393 e. The molecule has 2 aliphatic heterocycles. The van der Waals surface area contributed by atoms with E-state index >= 15 is 0 Å². The maximum Gasteiger partial charge on any atom is 0.274 e. The summed E-state index contributed by atoms with van der Waals surface area (Å²) in [6.07, 6.45) is 6.14. The van der Waals surface area contributed by atoms with Crippen LogP contribution >= 0.6 is 0 Å². The van der Waals surface area contributed by atoms with Gasteiger partial charge in [-0.05, 0) is 38.5 Å². The molecule has 8 nitrogen and oxygen atoms in total. The van der Waals surface area contributed by atoms with Gasteiger partial charge in [-0.15, -0.1) is 0 Å². The number of nitro groups is 1. The molecule has 0 bridgehead atoms. The van der Waals surface area contributed by atoms with Crippen molar-refractivity contribution in [2.24, 2.45) is 11.7 Å². The number of hydrogen-bond acceptors (Lipinski definition) is 7. The standard InChI is InChI=1S/C17H32N4O4/c1-25-10-3-2-6-16(22)14-5-4-8-19(11-14)17(13-21(23)24)20-9-7-15(18)12-20/h13-16,22H,2-12,18H2,1H3/t14-,15+,16?/m1/s1. The highest BCUT2D eigenvalue weighted by atomic mass is 16.6. The molecular formula is C17H32N4O4. The third kappa shape index (κ3) is 6.13. The van der Waals surface area contributed by atoms with E-state index < -0.39 is 0 Å². The van der Waals surface area contributed by atoms with Crippen molar-refractivity contribution >= 4 is 0 Å². The Balaban J connectivity index is 1.95. The van der Waals surface area contributed by atoms with Gasteiger partial charge in [0.1, 0.15) is 0 Å². The first-order valence-electron chi connectivity index (χ1n) is 9.29. The first-order chi connectivity index (χ1) is 12.0. The fourth-order valence-corrected chi connectivity index (χ4v) is 3.82. The summed E-state index contributed by atoms with van der Waals surface area (Å²) in [6, 6.07) is 0.0714. The monoisotopic (exact) mass is 356 g/mol. The normalized spacial score (nSPS) is 26.1. The predicted molar refractivity (Wildman–Crippen MR) is 95.3 cm³/mol. The molecule has 0 radical (unpaired) electrons. The summed E-state index contributed by atoms with van der Waals surface area (Å²) in [5, 5.41) is 21.6. The molecule has 2 aliphatic rings. The number of likely N-dealkylation sites (tertiary alicyclic amines) is 2. The molecule has 0 aromatic rings. The summed E-state index contributed by atoms with van der Waals surface area (Å²) in [6.45, 7) is 3.57. The molecule has 144 valence electrons. The number of aliphatic hydroxyl groups excluding tert-OH is 1. The fourth-order valence-electron chi connectivity index (χ4n) is 3.82. The summed E-state index contributed by atoms with van der Waals surface area (Å²) >= 11 is 0. The zero-order valence-electron chi connectivity index (χ0n) is 15.2. The topological polar surface area (TPSA) is 105 Å². The molecule has 2 heterocycles. The van der Waals surface area contributed by atoms with Crippen LogP contribution in [0.3, 0.4) is 0 Å². The van der Waals surface area contributed by atoms with Crippen LogP contribution in [0.5, 0.6) is 0 Å². The lowest BCUT2D eigenvalue weighted by Gasteiger charge is -2.39. The lowest BCUT2D eigenvalue weighted by atomic mass is 9.90. The Labute approximate surface area is 149 Å². The number of ether oxygens (including phenoxy) is 1. The van der Waals surface area contributed by atoms with Gasteiger partial charge in [0.25, 0.3) is 6.20 Å². The van der Waals surface area contributed by atoms with E-state index in [9.17, 15) is 15.2 Å². The van der Waals surface area contributed by atoms with E-state index in [0.717, 1.165) is 57.8 Å². The zero-order chi connectivity index (χ0) is 18.2. The number of unbranched alkanes of at least 4 members (excludes halogenated alkanes) is 1. The van der Waals surface area contributed by atoms with Crippen LogP contribution in [0.2, 0.25) is 0 Å². The Morgan fingerprint density at radius 3 is 2.76 bits per heavy atom. The Kier molecular flexibility index (Phi) is 7.92. The minimum absolute atomic E-state index is 0.0714. The lowest BCUT2D eigenvalue weighted by Crippen LogP contribution is -2.44. The zero-order valence-corrected chi connectivity index (χ0v) is 15.2. The molecule has 0 saturated carbocycles. The minimum atomic E-state index is -0.385. The van der Waals surface area contributed by atoms with E-state index in [0.29, 0.717) is 25.5 Å². The van der Waals surface area contributed by atoms with Crippen molar-refractivity contribution in [2.75, 3.05) is 39.9 Å². The number of methoxy groups -OCH3 is 1. The van der Waals surface area contributed by atoms with Gasteiger partial charge in [0, 0.05) is 51.9 Å². The van der Waals surface area contributed by atoms with Gasteiger partial charge in [-0.1, -0.05) is 0 Å². The molecule has 2 rings (SSSR count). The van der Waals surface area contributed by atoms with E-state index in [2.05, 4.69) is 4.90 Å². The van der Waals surface area contributed by atoms with E-state index in [1.54, 1.807) is 7.11 Å². The van der Waals surface area contributed by atoms with Crippen LogP contribution in [-0.2, 0) is 4.74 Å². The molecule has 0 aliphatic carbocycles. The maximum absolute atomic E-state index is 11.1. The molecule has 0 spiro atoms. The van der Waals surface area contributed by atoms with E-state index in [1.165, 1.54) is 0 Å². The van der Waals surface area contributed by atoms with Gasteiger partial charge in [-0.2, -0.15) is 0 Å². The van der Waals surface area contributed by atoms with Crippen molar-refractivity contribution < 1.29 is 14.8 Å². The summed E-state index contributed by atoms with van der Waals surface area (Å²) in [5.41, 5.74) is 5.97. The summed E-state index contributed by atoms with van der Waals surface area (Å²) in [4.78, 5) is 14.8. The van der Waals surface area contributed by atoms with Crippen molar-refractivity contribution in [2.45, 2.75) is 50.7 Å². The molecule has 0 amide bonds. The van der Waals surface area contributed by atoms with Crippen molar-refractivity contribution in [1.29, 1.82) is 0 Å². The molecule has 25 heavy (non-hydrogen) atoms. The number of aliphatic hydroxyl groups is 1. The predicted octanol–water partition coefficient (Wildman–Crippen LogP) is 0.985. The van der Waals surface area contributed by atoms with Gasteiger partial charge in [0.2, 0.25) is 0 Å². The number of nitrogens with zero attached hydrogens (tertiary/aromatic N) is 3. The Morgan fingerprint density at radius 2 is 2.12 bits per heavy atom. The number of hydrogen-bond donors (Lipinski definition) is 2. The molecule has 1 unspecified atom stereocenters. The fraction of sp³-hybridized carbons (Fsp3) is 0.882. The van der Waals surface area contributed by atoms with Crippen LogP contribution in [0.15, 0.2) is 12.0 Å². The third-order valence-corrected chi connectivity index (χ3v) is 5.19. The molecule has 3 N–H and O–H groups in total. The first kappa shape index (κ1) is 19.9. The minimum Gasteiger partial charge on any atom is -0.393 e. The molecule has 0 aromatic carbocycles. The lowest BCUT2D eigenvalue weighted by molar-refractivity contribution is -0.405. The number of rotatable bonds is 9. The van der Waals surface area contributed by atoms with E-state index in [1.807, 2.05) is 4.90 Å². The van der Waals surface area contributed by atoms with Gasteiger partial charge < -0.3 is 25.4 Å². The van der Waals surface area contributed by atoms with Gasteiger partial charge in [0.15, 0.2) is 5.82 Å². The quantitative estimate of drug-likeness (QED) is 0.360. The highest BCUT2D eigenvalue weighted by Crippen LogP contribution is 2.27. The van der Waals surface area contributed by atoms with Crippen molar-refractivity contribution in [3.8, 4) is 0 Å². The van der Waals surface area contributed by atoms with Crippen LogP contribution in [0.4, 0.5) is 0 Å². The molecule has 2 fully saturated rings. The van der Waals surface area contributed by atoms with E-state index in [-0.39, 0.29) is 23.0 Å². The van der Waals surface area contributed by atoms with Crippen LogP contribution in [-0.4, -0.2) is 71.9 Å². The molecule has 8 heteroatoms. The van der Waals surface area contributed by atoms with Crippen molar-refractivity contribution in [1.82, 2.24) is 9.80 Å². The number of piperidine rings is 1. The van der Waals surface area contributed by atoms with Gasteiger partial charge in [0.05, 0.1) is 11.0 Å². The maximum atomic E-state index is 11.1. The average Bonchev–Trinajstić information content (AvgIpc) is 3.02. The first-order valence-corrected chi connectivity index (χ1v) is 9.29. The Morgan fingerprint density at radius 1 is 1.36 bits per heavy atom.